The summed E-state index contributed by atoms with van der Waals surface area (Å²) < 4.78 is 9.05. The zero-order valence-corrected chi connectivity index (χ0v) is 18.4. The first-order valence-corrected chi connectivity index (χ1v) is 11.2. The molecule has 0 spiro atoms. The van der Waals surface area contributed by atoms with Gasteiger partial charge in [-0.1, -0.05) is 30.3 Å². The molecule has 0 atom stereocenters. The standard InChI is InChI=1S/C28H22OS/c1-15-11-17(3)27-22(12-15)20-10-9-19(14-24(20)29-27)26-16(2)13-23-21-7-5-6-8-25(21)30-28(23)18(26)4/h5-14H,1-4H3. The summed E-state index contributed by atoms with van der Waals surface area (Å²) in [5.41, 5.74) is 9.65. The van der Waals surface area contributed by atoms with E-state index in [1.165, 1.54) is 64.3 Å². The number of hydrogen-bond donors (Lipinski definition) is 0. The van der Waals surface area contributed by atoms with Crippen LogP contribution in [0.25, 0.3) is 53.2 Å². The van der Waals surface area contributed by atoms with Crippen LogP contribution in [0.15, 0.2) is 65.1 Å². The van der Waals surface area contributed by atoms with E-state index in [0.717, 1.165) is 11.2 Å². The van der Waals surface area contributed by atoms with E-state index in [0.29, 0.717) is 0 Å². The number of furan rings is 1. The van der Waals surface area contributed by atoms with Crippen LogP contribution in [-0.2, 0) is 0 Å². The van der Waals surface area contributed by atoms with Crippen LogP contribution in [0.2, 0.25) is 0 Å². The van der Waals surface area contributed by atoms with E-state index in [1.807, 2.05) is 11.3 Å². The van der Waals surface area contributed by atoms with Gasteiger partial charge in [0.25, 0.3) is 0 Å². The van der Waals surface area contributed by atoms with E-state index in [-0.39, 0.29) is 0 Å². The van der Waals surface area contributed by atoms with Crippen LogP contribution in [0.1, 0.15) is 22.3 Å². The third-order valence-electron chi connectivity index (χ3n) is 6.30. The van der Waals surface area contributed by atoms with Crippen molar-refractivity contribution in [3.63, 3.8) is 0 Å². The average Bonchev–Trinajstić information content (AvgIpc) is 3.27. The highest BCUT2D eigenvalue weighted by atomic mass is 32.1. The quantitative estimate of drug-likeness (QED) is 0.266. The van der Waals surface area contributed by atoms with Crippen LogP contribution in [0.4, 0.5) is 0 Å². The molecule has 0 saturated carbocycles. The first kappa shape index (κ1) is 17.7. The number of fused-ring (bicyclic) bond motifs is 6. The zero-order valence-electron chi connectivity index (χ0n) is 17.6. The summed E-state index contributed by atoms with van der Waals surface area (Å²) in [7, 11) is 0. The molecule has 6 rings (SSSR count). The minimum atomic E-state index is 0.964. The highest BCUT2D eigenvalue weighted by molar-refractivity contribution is 7.26. The van der Waals surface area contributed by atoms with E-state index >= 15 is 0 Å². The molecule has 0 amide bonds. The maximum absolute atomic E-state index is 6.32. The van der Waals surface area contributed by atoms with Crippen molar-refractivity contribution in [2.24, 2.45) is 0 Å². The van der Waals surface area contributed by atoms with Crippen molar-refractivity contribution in [2.45, 2.75) is 27.7 Å². The van der Waals surface area contributed by atoms with Gasteiger partial charge in [-0.15, -0.1) is 11.3 Å². The SMILES string of the molecule is Cc1cc(C)c2oc3cc(-c4c(C)cc5c(sc6ccccc65)c4C)ccc3c2c1. The molecule has 0 radical (unpaired) electrons. The second-order valence-corrected chi connectivity index (χ2v) is 9.49. The van der Waals surface area contributed by atoms with Crippen LogP contribution in [-0.4, -0.2) is 0 Å². The van der Waals surface area contributed by atoms with Crippen LogP contribution in [0, 0.1) is 27.7 Å². The van der Waals surface area contributed by atoms with Crippen molar-refractivity contribution in [3.05, 3.63) is 82.9 Å². The van der Waals surface area contributed by atoms with Crippen LogP contribution >= 0.6 is 11.3 Å². The van der Waals surface area contributed by atoms with Crippen molar-refractivity contribution >= 4 is 53.4 Å². The maximum atomic E-state index is 6.32. The smallest absolute Gasteiger partial charge is 0.138 e. The van der Waals surface area contributed by atoms with Gasteiger partial charge < -0.3 is 4.42 Å². The minimum Gasteiger partial charge on any atom is -0.456 e. The Bertz CT molecular complexity index is 1630. The average molecular weight is 407 g/mol. The molecular weight excluding hydrogens is 384 g/mol. The first-order valence-electron chi connectivity index (χ1n) is 10.4. The molecule has 2 heteroatoms. The van der Waals surface area contributed by atoms with Gasteiger partial charge in [0.05, 0.1) is 0 Å². The van der Waals surface area contributed by atoms with Crippen LogP contribution in [0.5, 0.6) is 0 Å². The van der Waals surface area contributed by atoms with Crippen molar-refractivity contribution in [3.8, 4) is 11.1 Å². The lowest BCUT2D eigenvalue weighted by molar-refractivity contribution is 0.666. The number of benzene rings is 4. The lowest BCUT2D eigenvalue weighted by atomic mass is 9.93. The van der Waals surface area contributed by atoms with Crippen LogP contribution in [0.3, 0.4) is 0 Å². The molecule has 0 aliphatic carbocycles. The predicted octanol–water partition coefficient (Wildman–Crippen LogP) is 8.85. The molecule has 2 heterocycles. The molecule has 0 unspecified atom stereocenters. The van der Waals surface area contributed by atoms with Gasteiger partial charge >= 0.3 is 0 Å². The second-order valence-electron chi connectivity index (χ2n) is 8.44. The van der Waals surface area contributed by atoms with Crippen LogP contribution < -0.4 is 0 Å². The molecule has 0 aliphatic heterocycles. The van der Waals surface area contributed by atoms with E-state index in [1.54, 1.807) is 0 Å². The fourth-order valence-corrected chi connectivity index (χ4v) is 6.20. The molecular formula is C28H22OS. The summed E-state index contributed by atoms with van der Waals surface area (Å²) in [6.45, 7) is 8.76. The third-order valence-corrected chi connectivity index (χ3v) is 7.60. The Morgan fingerprint density at radius 2 is 1.53 bits per heavy atom. The van der Waals surface area contributed by atoms with Crippen molar-refractivity contribution in [1.29, 1.82) is 0 Å². The van der Waals surface area contributed by atoms with E-state index in [2.05, 4.69) is 88.4 Å². The Morgan fingerprint density at radius 3 is 2.40 bits per heavy atom. The topological polar surface area (TPSA) is 13.1 Å². The lowest BCUT2D eigenvalue weighted by Crippen LogP contribution is -1.89. The second kappa shape index (κ2) is 6.20. The van der Waals surface area contributed by atoms with Gasteiger partial charge in [0.15, 0.2) is 0 Å². The normalized spacial score (nSPS) is 12.0. The lowest BCUT2D eigenvalue weighted by Gasteiger charge is -2.12. The largest absolute Gasteiger partial charge is 0.456 e. The van der Waals surface area contributed by atoms with Gasteiger partial charge in [-0.05, 0) is 91.4 Å². The van der Waals surface area contributed by atoms with E-state index < -0.39 is 0 Å². The Kier molecular flexibility index (Phi) is 3.66. The molecule has 1 nitrogen and oxygen atoms in total. The summed E-state index contributed by atoms with van der Waals surface area (Å²) in [6.07, 6.45) is 0. The number of thiophene rings is 1. The number of hydrogen-bond acceptors (Lipinski definition) is 2. The molecule has 6 aromatic rings. The predicted molar refractivity (Wildman–Crippen MR) is 131 cm³/mol. The van der Waals surface area contributed by atoms with Gasteiger partial charge in [-0.25, -0.2) is 0 Å². The van der Waals surface area contributed by atoms with Crippen molar-refractivity contribution < 1.29 is 4.42 Å². The highest BCUT2D eigenvalue weighted by Gasteiger charge is 2.16. The summed E-state index contributed by atoms with van der Waals surface area (Å²) >= 11 is 1.89. The van der Waals surface area contributed by atoms with E-state index in [4.69, 9.17) is 4.42 Å². The molecule has 0 saturated heterocycles. The monoisotopic (exact) mass is 406 g/mol. The molecule has 146 valence electrons. The number of rotatable bonds is 1. The van der Waals surface area contributed by atoms with Gasteiger partial charge in [0, 0.05) is 30.9 Å². The molecule has 0 fully saturated rings. The molecule has 30 heavy (non-hydrogen) atoms. The molecule has 2 aromatic heterocycles. The Morgan fingerprint density at radius 1 is 0.700 bits per heavy atom. The maximum Gasteiger partial charge on any atom is 0.138 e. The summed E-state index contributed by atoms with van der Waals surface area (Å²) in [4.78, 5) is 0. The summed E-state index contributed by atoms with van der Waals surface area (Å²) in [6, 6.07) is 22.2. The summed E-state index contributed by atoms with van der Waals surface area (Å²) in [5, 5.41) is 5.13. The summed E-state index contributed by atoms with van der Waals surface area (Å²) in [5.74, 6) is 0. The Hall–Kier alpha value is -3.10. The van der Waals surface area contributed by atoms with Gasteiger partial charge in [0.2, 0.25) is 0 Å². The van der Waals surface area contributed by atoms with Crippen molar-refractivity contribution in [2.75, 3.05) is 0 Å². The molecule has 0 bridgehead atoms. The Labute approximate surface area is 179 Å². The number of aryl methyl sites for hydroxylation is 4. The van der Waals surface area contributed by atoms with Gasteiger partial charge in [0.1, 0.15) is 11.2 Å². The minimum absolute atomic E-state index is 0.964. The van der Waals surface area contributed by atoms with Crippen molar-refractivity contribution in [1.82, 2.24) is 0 Å². The first-order chi connectivity index (χ1) is 14.5. The Balaban J connectivity index is 1.63. The molecule has 4 aromatic carbocycles. The fraction of sp³-hybridized carbons (Fsp3) is 0.143. The fourth-order valence-electron chi connectivity index (χ4n) is 5.01. The molecule has 0 aliphatic rings. The third kappa shape index (κ3) is 2.41. The van der Waals surface area contributed by atoms with Gasteiger partial charge in [-0.2, -0.15) is 0 Å². The van der Waals surface area contributed by atoms with E-state index in [9.17, 15) is 0 Å². The molecule has 0 N–H and O–H groups in total. The van der Waals surface area contributed by atoms with Gasteiger partial charge in [-0.3, -0.25) is 0 Å². The highest BCUT2D eigenvalue weighted by Crippen LogP contribution is 2.42. The zero-order chi connectivity index (χ0) is 20.6.